The SMILES string of the molecule is Cc1cc(N)ccc1C(=O)N[C@@H](C)c1ccccc1. The molecule has 98 valence electrons. The third kappa shape index (κ3) is 3.13. The maximum absolute atomic E-state index is 12.2. The highest BCUT2D eigenvalue weighted by molar-refractivity contribution is 5.96. The highest BCUT2D eigenvalue weighted by atomic mass is 16.1. The Balaban J connectivity index is 2.13. The van der Waals surface area contributed by atoms with Crippen LogP contribution in [0.5, 0.6) is 0 Å². The van der Waals surface area contributed by atoms with E-state index in [1.807, 2.05) is 50.2 Å². The smallest absolute Gasteiger partial charge is 0.252 e. The highest BCUT2D eigenvalue weighted by Crippen LogP contribution is 2.15. The number of carbonyl (C=O) groups excluding carboxylic acids is 1. The van der Waals surface area contributed by atoms with Crippen LogP contribution >= 0.6 is 0 Å². The largest absolute Gasteiger partial charge is 0.399 e. The van der Waals surface area contributed by atoms with E-state index >= 15 is 0 Å². The zero-order valence-electron chi connectivity index (χ0n) is 11.2. The molecule has 1 amide bonds. The monoisotopic (exact) mass is 254 g/mol. The molecule has 0 aromatic heterocycles. The van der Waals surface area contributed by atoms with Crippen LogP contribution < -0.4 is 11.1 Å². The van der Waals surface area contributed by atoms with Gasteiger partial charge in [-0.05, 0) is 43.2 Å². The molecule has 0 spiro atoms. The lowest BCUT2D eigenvalue weighted by Gasteiger charge is -2.15. The second-order valence-electron chi connectivity index (χ2n) is 4.68. The van der Waals surface area contributed by atoms with Crippen LogP contribution in [0, 0.1) is 6.92 Å². The molecule has 0 aliphatic rings. The van der Waals surface area contributed by atoms with Crippen molar-refractivity contribution in [3.05, 3.63) is 65.2 Å². The number of aryl methyl sites for hydroxylation is 1. The second kappa shape index (κ2) is 5.57. The molecule has 0 aliphatic heterocycles. The van der Waals surface area contributed by atoms with Gasteiger partial charge in [0, 0.05) is 11.3 Å². The van der Waals surface area contributed by atoms with Crippen LogP contribution in [0.25, 0.3) is 0 Å². The Labute approximate surface area is 113 Å². The number of carbonyl (C=O) groups is 1. The summed E-state index contributed by atoms with van der Waals surface area (Å²) in [6.45, 7) is 3.86. The van der Waals surface area contributed by atoms with Gasteiger partial charge in [-0.3, -0.25) is 4.79 Å². The number of amides is 1. The minimum Gasteiger partial charge on any atom is -0.399 e. The fourth-order valence-electron chi connectivity index (χ4n) is 2.04. The molecule has 19 heavy (non-hydrogen) atoms. The van der Waals surface area contributed by atoms with Gasteiger partial charge < -0.3 is 11.1 Å². The van der Waals surface area contributed by atoms with E-state index in [0.29, 0.717) is 11.3 Å². The van der Waals surface area contributed by atoms with Crippen molar-refractivity contribution in [2.45, 2.75) is 19.9 Å². The molecule has 0 saturated heterocycles. The van der Waals surface area contributed by atoms with Gasteiger partial charge in [0.2, 0.25) is 0 Å². The number of nitrogens with one attached hydrogen (secondary N) is 1. The van der Waals surface area contributed by atoms with Crippen molar-refractivity contribution in [1.82, 2.24) is 5.32 Å². The molecular formula is C16H18N2O. The van der Waals surface area contributed by atoms with Gasteiger partial charge in [0.05, 0.1) is 6.04 Å². The minimum absolute atomic E-state index is 0.0225. The molecule has 1 atom stereocenters. The second-order valence-corrected chi connectivity index (χ2v) is 4.68. The van der Waals surface area contributed by atoms with Gasteiger partial charge in [0.15, 0.2) is 0 Å². The van der Waals surface area contributed by atoms with Crippen molar-refractivity contribution >= 4 is 11.6 Å². The van der Waals surface area contributed by atoms with Gasteiger partial charge >= 0.3 is 0 Å². The Hall–Kier alpha value is -2.29. The number of anilines is 1. The summed E-state index contributed by atoms with van der Waals surface area (Å²) in [6.07, 6.45) is 0. The lowest BCUT2D eigenvalue weighted by atomic mass is 10.1. The molecule has 0 bridgehead atoms. The van der Waals surface area contributed by atoms with Crippen molar-refractivity contribution < 1.29 is 4.79 Å². The fourth-order valence-corrected chi connectivity index (χ4v) is 2.04. The predicted molar refractivity (Wildman–Crippen MR) is 77.9 cm³/mol. The van der Waals surface area contributed by atoms with E-state index in [4.69, 9.17) is 5.73 Å². The Morgan fingerprint density at radius 3 is 2.47 bits per heavy atom. The predicted octanol–water partition coefficient (Wildman–Crippen LogP) is 3.07. The van der Waals surface area contributed by atoms with Gasteiger partial charge in [0.1, 0.15) is 0 Å². The average Bonchev–Trinajstić information content (AvgIpc) is 2.39. The van der Waals surface area contributed by atoms with Gasteiger partial charge in [-0.15, -0.1) is 0 Å². The van der Waals surface area contributed by atoms with E-state index in [1.165, 1.54) is 0 Å². The molecule has 2 rings (SSSR count). The van der Waals surface area contributed by atoms with E-state index in [0.717, 1.165) is 11.1 Å². The molecule has 0 radical (unpaired) electrons. The molecule has 3 heteroatoms. The molecule has 0 fully saturated rings. The summed E-state index contributed by atoms with van der Waals surface area (Å²) in [7, 11) is 0. The van der Waals surface area contributed by atoms with Crippen molar-refractivity contribution in [2.24, 2.45) is 0 Å². The van der Waals surface area contributed by atoms with Crippen molar-refractivity contribution in [2.75, 3.05) is 5.73 Å². The fraction of sp³-hybridized carbons (Fsp3) is 0.188. The first-order valence-corrected chi connectivity index (χ1v) is 6.30. The Morgan fingerprint density at radius 2 is 1.84 bits per heavy atom. The van der Waals surface area contributed by atoms with Gasteiger partial charge in [-0.25, -0.2) is 0 Å². The van der Waals surface area contributed by atoms with Gasteiger partial charge in [-0.1, -0.05) is 30.3 Å². The summed E-state index contributed by atoms with van der Waals surface area (Å²) in [5, 5.41) is 2.99. The van der Waals surface area contributed by atoms with Crippen molar-refractivity contribution in [1.29, 1.82) is 0 Å². The number of hydrogen-bond donors (Lipinski definition) is 2. The number of benzene rings is 2. The maximum Gasteiger partial charge on any atom is 0.252 e. The number of hydrogen-bond acceptors (Lipinski definition) is 2. The maximum atomic E-state index is 12.2. The molecular weight excluding hydrogens is 236 g/mol. The minimum atomic E-state index is -0.0751. The van der Waals surface area contributed by atoms with Crippen LogP contribution in [0.15, 0.2) is 48.5 Å². The Kier molecular flexibility index (Phi) is 3.85. The molecule has 2 aromatic carbocycles. The lowest BCUT2D eigenvalue weighted by molar-refractivity contribution is 0.0939. The Bertz CT molecular complexity index is 579. The van der Waals surface area contributed by atoms with Crippen LogP contribution in [-0.2, 0) is 0 Å². The molecule has 2 aromatic rings. The molecule has 0 saturated carbocycles. The summed E-state index contributed by atoms with van der Waals surface area (Å²) in [5.74, 6) is -0.0751. The molecule has 3 nitrogen and oxygen atoms in total. The van der Waals surface area contributed by atoms with Crippen LogP contribution in [0.3, 0.4) is 0 Å². The van der Waals surface area contributed by atoms with Crippen LogP contribution in [0.2, 0.25) is 0 Å². The first-order valence-electron chi connectivity index (χ1n) is 6.30. The first kappa shape index (κ1) is 13.1. The lowest BCUT2D eigenvalue weighted by Crippen LogP contribution is -2.27. The van der Waals surface area contributed by atoms with E-state index in [2.05, 4.69) is 5.32 Å². The van der Waals surface area contributed by atoms with E-state index in [-0.39, 0.29) is 11.9 Å². The standard InChI is InChI=1S/C16H18N2O/c1-11-10-14(17)8-9-15(11)16(19)18-12(2)13-6-4-3-5-7-13/h3-10,12H,17H2,1-2H3,(H,18,19)/t12-/m0/s1. The third-order valence-corrected chi connectivity index (χ3v) is 3.14. The zero-order chi connectivity index (χ0) is 13.8. The van der Waals surface area contributed by atoms with Crippen molar-refractivity contribution in [3.8, 4) is 0 Å². The summed E-state index contributed by atoms with van der Waals surface area (Å²) >= 11 is 0. The molecule has 3 N–H and O–H groups in total. The molecule has 0 heterocycles. The highest BCUT2D eigenvalue weighted by Gasteiger charge is 2.13. The summed E-state index contributed by atoms with van der Waals surface area (Å²) in [5.41, 5.74) is 9.00. The molecule has 0 unspecified atom stereocenters. The van der Waals surface area contributed by atoms with E-state index < -0.39 is 0 Å². The average molecular weight is 254 g/mol. The number of nitrogen functional groups attached to an aromatic ring is 1. The summed E-state index contributed by atoms with van der Waals surface area (Å²) in [4.78, 5) is 12.2. The normalized spacial score (nSPS) is 11.9. The van der Waals surface area contributed by atoms with Gasteiger partial charge in [0.25, 0.3) is 5.91 Å². The zero-order valence-corrected chi connectivity index (χ0v) is 11.2. The van der Waals surface area contributed by atoms with E-state index in [1.54, 1.807) is 12.1 Å². The van der Waals surface area contributed by atoms with Gasteiger partial charge in [-0.2, -0.15) is 0 Å². The topological polar surface area (TPSA) is 55.1 Å². The van der Waals surface area contributed by atoms with Crippen LogP contribution in [-0.4, -0.2) is 5.91 Å². The first-order chi connectivity index (χ1) is 9.08. The van der Waals surface area contributed by atoms with Crippen LogP contribution in [0.1, 0.15) is 34.5 Å². The number of nitrogens with two attached hydrogens (primary N) is 1. The van der Waals surface area contributed by atoms with Crippen molar-refractivity contribution in [3.63, 3.8) is 0 Å². The molecule has 0 aliphatic carbocycles. The quantitative estimate of drug-likeness (QED) is 0.827. The third-order valence-electron chi connectivity index (χ3n) is 3.14. The van der Waals surface area contributed by atoms with E-state index in [9.17, 15) is 4.79 Å². The van der Waals surface area contributed by atoms with Crippen LogP contribution in [0.4, 0.5) is 5.69 Å². The Morgan fingerprint density at radius 1 is 1.16 bits per heavy atom. The summed E-state index contributed by atoms with van der Waals surface area (Å²) in [6, 6.07) is 15.2. The number of rotatable bonds is 3. The summed E-state index contributed by atoms with van der Waals surface area (Å²) < 4.78 is 0.